The number of nitrogens with one attached hydrogen (secondary N) is 1. The normalized spacial score (nSPS) is 27.3. The summed E-state index contributed by atoms with van der Waals surface area (Å²) in [4.78, 5) is 27.9. The van der Waals surface area contributed by atoms with E-state index in [2.05, 4.69) is 5.32 Å². The molecule has 6 heteroatoms. The van der Waals surface area contributed by atoms with Gasteiger partial charge in [0.25, 0.3) is 5.91 Å². The predicted octanol–water partition coefficient (Wildman–Crippen LogP) is 2.05. The summed E-state index contributed by atoms with van der Waals surface area (Å²) in [5.41, 5.74) is 3.00. The van der Waals surface area contributed by atoms with Crippen molar-refractivity contribution in [2.45, 2.75) is 37.8 Å². The average Bonchev–Trinajstić information content (AvgIpc) is 3.38. The molecule has 0 bridgehead atoms. The minimum atomic E-state index is -0.468. The Hall–Kier alpha value is -2.05. The smallest absolute Gasteiger partial charge is 0.250 e. The second-order valence-electron chi connectivity index (χ2n) is 7.27. The van der Waals surface area contributed by atoms with Gasteiger partial charge in [-0.25, -0.2) is 0 Å². The molecular weight excluding hydrogens is 348 g/mol. The molecule has 2 aliphatic heterocycles. The molecule has 3 aliphatic rings. The number of hydrogen-bond donors (Lipinski definition) is 2. The Labute approximate surface area is 158 Å². The lowest BCUT2D eigenvalue weighted by Crippen LogP contribution is -2.47. The van der Waals surface area contributed by atoms with Gasteiger partial charge in [-0.05, 0) is 55.2 Å². The molecule has 3 atom stereocenters. The number of Topliss-reactive ketones (excluding diaryl/α,β-unsaturated/α-hetero) is 1. The number of ketones is 1. The number of nitrogens with zero attached hydrogens (tertiary/aromatic N) is 1. The standard InChI is InChI=1S/C20H22N2O3S/c23-18(15-7-8-21-17(15)20(25)26)16-6-3-9-22(16)19(24)14-10-12-4-1-2-5-13(12)11-14/h1-2,4-5,10,15-17,21H,3,6-9,11H2,(H,25,26)/t15?,16-,17-/m0/s1. The summed E-state index contributed by atoms with van der Waals surface area (Å²) >= 11 is 4.89. The highest BCUT2D eigenvalue weighted by molar-refractivity contribution is 7.80. The third-order valence-corrected chi connectivity index (χ3v) is 5.99. The summed E-state index contributed by atoms with van der Waals surface area (Å²) in [5.74, 6) is -0.356. The van der Waals surface area contributed by atoms with Gasteiger partial charge in [-0.1, -0.05) is 24.3 Å². The van der Waals surface area contributed by atoms with Crippen LogP contribution in [-0.4, -0.2) is 51.9 Å². The Bertz CT molecular complexity index is 804. The number of hydrogen-bond acceptors (Lipinski definition) is 4. The number of likely N-dealkylation sites (tertiary alicyclic amines) is 1. The van der Waals surface area contributed by atoms with Gasteiger partial charge in [-0.15, -0.1) is 0 Å². The second kappa shape index (κ2) is 6.93. The van der Waals surface area contributed by atoms with Crippen molar-refractivity contribution < 1.29 is 14.7 Å². The summed E-state index contributed by atoms with van der Waals surface area (Å²) in [5, 5.41) is 12.6. The highest BCUT2D eigenvalue weighted by Gasteiger charge is 2.43. The van der Waals surface area contributed by atoms with E-state index in [1.165, 1.54) is 0 Å². The first-order valence-corrected chi connectivity index (χ1v) is 9.56. The van der Waals surface area contributed by atoms with E-state index < -0.39 is 12.1 Å². The molecule has 1 aromatic carbocycles. The van der Waals surface area contributed by atoms with Gasteiger partial charge < -0.3 is 15.3 Å². The van der Waals surface area contributed by atoms with Crippen molar-refractivity contribution in [3.05, 3.63) is 41.0 Å². The minimum absolute atomic E-state index is 0.0263. The van der Waals surface area contributed by atoms with Crippen LogP contribution < -0.4 is 5.32 Å². The number of benzene rings is 1. The number of thiocarbonyl (C=S) groups is 1. The van der Waals surface area contributed by atoms with E-state index in [0.717, 1.165) is 23.1 Å². The fourth-order valence-corrected chi connectivity index (χ4v) is 4.67. The van der Waals surface area contributed by atoms with Crippen molar-refractivity contribution in [2.75, 3.05) is 13.1 Å². The van der Waals surface area contributed by atoms with Gasteiger partial charge in [0.2, 0.25) is 0 Å². The van der Waals surface area contributed by atoms with Crippen molar-refractivity contribution in [1.82, 2.24) is 10.2 Å². The van der Waals surface area contributed by atoms with Crippen molar-refractivity contribution in [2.24, 2.45) is 5.92 Å². The molecule has 0 saturated carbocycles. The number of aliphatic hydroxyl groups excluding tert-OH is 1. The van der Waals surface area contributed by atoms with E-state index >= 15 is 0 Å². The summed E-state index contributed by atoms with van der Waals surface area (Å²) in [6.45, 7) is 1.26. The number of aliphatic hydroxyl groups is 1. The van der Waals surface area contributed by atoms with Crippen LogP contribution in [0, 0.1) is 5.92 Å². The molecule has 2 saturated heterocycles. The SMILES string of the molecule is O=C(C1CCN[C@@H]1C(O)=S)[C@@H]1CCCN1C(=O)C1=Cc2ccccc2C1. The molecule has 136 valence electrons. The van der Waals surface area contributed by atoms with Gasteiger partial charge in [-0.2, -0.15) is 0 Å². The summed E-state index contributed by atoms with van der Waals surface area (Å²) in [6, 6.07) is 7.12. The number of amides is 1. The van der Waals surface area contributed by atoms with Crippen molar-refractivity contribution in [3.8, 4) is 0 Å². The first-order chi connectivity index (χ1) is 12.6. The van der Waals surface area contributed by atoms with Crippen LogP contribution >= 0.6 is 12.2 Å². The van der Waals surface area contributed by atoms with Crippen molar-refractivity contribution >= 4 is 35.0 Å². The van der Waals surface area contributed by atoms with Crippen LogP contribution in [0.25, 0.3) is 6.08 Å². The van der Waals surface area contributed by atoms with E-state index in [9.17, 15) is 14.7 Å². The van der Waals surface area contributed by atoms with E-state index in [1.807, 2.05) is 30.3 Å². The fraction of sp³-hybridized carbons (Fsp3) is 0.450. The Morgan fingerprint density at radius 1 is 1.23 bits per heavy atom. The molecule has 5 nitrogen and oxygen atoms in total. The molecule has 1 amide bonds. The third-order valence-electron chi connectivity index (χ3n) is 5.74. The van der Waals surface area contributed by atoms with Gasteiger partial charge in [0.15, 0.2) is 10.8 Å². The fourth-order valence-electron chi connectivity index (χ4n) is 4.42. The molecular formula is C20H22N2O3S. The predicted molar refractivity (Wildman–Crippen MR) is 103 cm³/mol. The second-order valence-corrected chi connectivity index (χ2v) is 7.69. The lowest BCUT2D eigenvalue weighted by atomic mass is 9.90. The van der Waals surface area contributed by atoms with Crippen molar-refractivity contribution in [1.29, 1.82) is 0 Å². The number of fused-ring (bicyclic) bond motifs is 1. The minimum Gasteiger partial charge on any atom is -0.501 e. The van der Waals surface area contributed by atoms with E-state index in [-0.39, 0.29) is 22.7 Å². The topological polar surface area (TPSA) is 69.6 Å². The van der Waals surface area contributed by atoms with Crippen LogP contribution in [0.2, 0.25) is 0 Å². The van der Waals surface area contributed by atoms with Crippen LogP contribution in [0.3, 0.4) is 0 Å². The molecule has 1 unspecified atom stereocenters. The molecule has 4 rings (SSSR count). The lowest BCUT2D eigenvalue weighted by molar-refractivity contribution is -0.136. The number of rotatable bonds is 4. The van der Waals surface area contributed by atoms with Crippen LogP contribution in [0.4, 0.5) is 0 Å². The van der Waals surface area contributed by atoms with Crippen LogP contribution in [0.5, 0.6) is 0 Å². The highest BCUT2D eigenvalue weighted by Crippen LogP contribution is 2.31. The van der Waals surface area contributed by atoms with E-state index in [1.54, 1.807) is 4.90 Å². The number of carbonyl (C=O) groups is 2. The average molecular weight is 370 g/mol. The van der Waals surface area contributed by atoms with Gasteiger partial charge in [0.05, 0.1) is 12.1 Å². The molecule has 0 aromatic heterocycles. The Morgan fingerprint density at radius 3 is 2.81 bits per heavy atom. The largest absolute Gasteiger partial charge is 0.501 e. The first-order valence-electron chi connectivity index (χ1n) is 9.15. The maximum Gasteiger partial charge on any atom is 0.250 e. The van der Waals surface area contributed by atoms with E-state index in [4.69, 9.17) is 12.2 Å². The number of carbonyl (C=O) groups excluding carboxylic acids is 2. The first kappa shape index (κ1) is 17.4. The summed E-state index contributed by atoms with van der Waals surface area (Å²) < 4.78 is 0. The Morgan fingerprint density at radius 2 is 2.04 bits per heavy atom. The maximum absolute atomic E-state index is 13.1. The van der Waals surface area contributed by atoms with Crippen molar-refractivity contribution in [3.63, 3.8) is 0 Å². The van der Waals surface area contributed by atoms with E-state index in [0.29, 0.717) is 32.4 Å². The van der Waals surface area contributed by atoms with Gasteiger partial charge >= 0.3 is 0 Å². The zero-order valence-corrected chi connectivity index (χ0v) is 15.3. The maximum atomic E-state index is 13.1. The molecule has 2 N–H and O–H groups in total. The monoisotopic (exact) mass is 370 g/mol. The highest BCUT2D eigenvalue weighted by atomic mass is 32.1. The van der Waals surface area contributed by atoms with Crippen LogP contribution in [0.1, 0.15) is 30.4 Å². The quantitative estimate of drug-likeness (QED) is 0.794. The molecule has 2 heterocycles. The van der Waals surface area contributed by atoms with Gasteiger partial charge in [-0.3, -0.25) is 9.59 Å². The van der Waals surface area contributed by atoms with Crippen LogP contribution in [-0.2, 0) is 16.0 Å². The third kappa shape index (κ3) is 2.97. The molecule has 1 aliphatic carbocycles. The molecule has 26 heavy (non-hydrogen) atoms. The zero-order chi connectivity index (χ0) is 18.3. The molecule has 0 radical (unpaired) electrons. The Balaban J connectivity index is 1.51. The Kier molecular flexibility index (Phi) is 4.63. The zero-order valence-electron chi connectivity index (χ0n) is 14.5. The van der Waals surface area contributed by atoms with Crippen LogP contribution in [0.15, 0.2) is 29.8 Å². The summed E-state index contributed by atoms with van der Waals surface area (Å²) in [7, 11) is 0. The lowest BCUT2D eigenvalue weighted by Gasteiger charge is -2.27. The summed E-state index contributed by atoms with van der Waals surface area (Å²) in [6.07, 6.45) is 4.74. The molecule has 1 aromatic rings. The van der Waals surface area contributed by atoms with Gasteiger partial charge in [0.1, 0.15) is 0 Å². The van der Waals surface area contributed by atoms with Gasteiger partial charge in [0, 0.05) is 24.5 Å². The molecule has 0 spiro atoms. The molecule has 2 fully saturated rings.